The molecule has 0 bridgehead atoms. The van der Waals surface area contributed by atoms with Gasteiger partial charge in [-0.05, 0) is 50.9 Å². The van der Waals surface area contributed by atoms with Crippen molar-refractivity contribution in [3.63, 3.8) is 0 Å². The Labute approximate surface area is 138 Å². The van der Waals surface area contributed by atoms with Crippen LogP contribution in [0.4, 0.5) is 13.2 Å². The number of hydrogen-bond acceptors (Lipinski definition) is 4. The van der Waals surface area contributed by atoms with E-state index in [0.717, 1.165) is 31.9 Å². The molecule has 3 nitrogen and oxygen atoms in total. The van der Waals surface area contributed by atoms with E-state index in [2.05, 4.69) is 10.3 Å². The quantitative estimate of drug-likeness (QED) is 0.785. The maximum atomic E-state index is 12.9. The molecule has 0 saturated heterocycles. The minimum Gasteiger partial charge on any atom is -0.320 e. The van der Waals surface area contributed by atoms with Gasteiger partial charge in [-0.2, -0.15) is 18.4 Å². The van der Waals surface area contributed by atoms with Crippen molar-refractivity contribution in [1.29, 1.82) is 5.26 Å². The number of rotatable bonds is 6. The minimum atomic E-state index is -4.49. The van der Waals surface area contributed by atoms with Crippen LogP contribution in [0.25, 0.3) is 0 Å². The molecule has 0 spiro atoms. The van der Waals surface area contributed by atoms with Gasteiger partial charge in [-0.25, -0.2) is 4.98 Å². The van der Waals surface area contributed by atoms with Gasteiger partial charge in [0.25, 0.3) is 0 Å². The molecule has 1 saturated carbocycles. The Bertz CT molecular complexity index is 563. The molecule has 1 N–H and O–H groups in total. The van der Waals surface area contributed by atoms with Gasteiger partial charge in [0.15, 0.2) is 0 Å². The zero-order valence-electron chi connectivity index (χ0n) is 13.0. The van der Waals surface area contributed by atoms with Gasteiger partial charge < -0.3 is 5.32 Å². The van der Waals surface area contributed by atoms with Crippen molar-refractivity contribution in [2.75, 3.05) is 13.6 Å². The first-order valence-corrected chi connectivity index (χ1v) is 8.63. The highest BCUT2D eigenvalue weighted by molar-refractivity contribution is 7.99. The van der Waals surface area contributed by atoms with E-state index in [4.69, 9.17) is 5.26 Å². The fraction of sp³-hybridized carbons (Fsp3) is 0.625. The number of alkyl halides is 3. The normalized spacial score (nSPS) is 17.2. The number of thioether (sulfide) groups is 1. The molecule has 1 aliphatic carbocycles. The lowest BCUT2D eigenvalue weighted by molar-refractivity contribution is -0.141. The molecule has 1 fully saturated rings. The molecule has 0 radical (unpaired) electrons. The molecule has 0 aromatic carbocycles. The molecule has 0 amide bonds. The molecular formula is C16H20F3N3S. The SMILES string of the molecule is CNCCC(Sc1nc(C(F)(F)F)ccc1C#N)C1CCCC1. The molecule has 1 aromatic heterocycles. The molecule has 1 aliphatic rings. The Kier molecular flexibility index (Phi) is 6.31. The lowest BCUT2D eigenvalue weighted by atomic mass is 10.0. The van der Waals surface area contributed by atoms with E-state index >= 15 is 0 Å². The van der Waals surface area contributed by atoms with Gasteiger partial charge in [0, 0.05) is 5.25 Å². The van der Waals surface area contributed by atoms with Crippen molar-refractivity contribution >= 4 is 11.8 Å². The predicted octanol–water partition coefficient (Wildman–Crippen LogP) is 4.23. The maximum Gasteiger partial charge on any atom is 0.433 e. The van der Waals surface area contributed by atoms with Crippen LogP contribution in [0.3, 0.4) is 0 Å². The molecule has 23 heavy (non-hydrogen) atoms. The summed E-state index contributed by atoms with van der Waals surface area (Å²) >= 11 is 1.33. The Hall–Kier alpha value is -1.26. The van der Waals surface area contributed by atoms with Gasteiger partial charge in [0.1, 0.15) is 16.8 Å². The van der Waals surface area contributed by atoms with Gasteiger partial charge >= 0.3 is 6.18 Å². The summed E-state index contributed by atoms with van der Waals surface area (Å²) in [5.41, 5.74) is -0.715. The van der Waals surface area contributed by atoms with Crippen LogP contribution in [0.15, 0.2) is 17.2 Å². The van der Waals surface area contributed by atoms with Crippen LogP contribution in [0.5, 0.6) is 0 Å². The predicted molar refractivity (Wildman–Crippen MR) is 84.1 cm³/mol. The van der Waals surface area contributed by atoms with Crippen LogP contribution in [-0.2, 0) is 6.18 Å². The summed E-state index contributed by atoms with van der Waals surface area (Å²) in [6.07, 6.45) is 0.904. The fourth-order valence-electron chi connectivity index (χ4n) is 2.92. The highest BCUT2D eigenvalue weighted by atomic mass is 32.2. The summed E-state index contributed by atoms with van der Waals surface area (Å²) in [7, 11) is 1.86. The Morgan fingerprint density at radius 3 is 2.65 bits per heavy atom. The fourth-order valence-corrected chi connectivity index (χ4v) is 4.30. The zero-order chi connectivity index (χ0) is 16.9. The molecular weight excluding hydrogens is 323 g/mol. The third-order valence-corrected chi connectivity index (χ3v) is 5.60. The van der Waals surface area contributed by atoms with Crippen molar-refractivity contribution in [3.8, 4) is 6.07 Å². The Balaban J connectivity index is 2.24. The van der Waals surface area contributed by atoms with E-state index < -0.39 is 11.9 Å². The van der Waals surface area contributed by atoms with E-state index in [1.165, 1.54) is 30.7 Å². The number of pyridine rings is 1. The van der Waals surface area contributed by atoms with Crippen molar-refractivity contribution in [3.05, 3.63) is 23.4 Å². The zero-order valence-corrected chi connectivity index (χ0v) is 13.8. The van der Waals surface area contributed by atoms with E-state index in [1.807, 2.05) is 13.1 Å². The summed E-state index contributed by atoms with van der Waals surface area (Å²) in [6, 6.07) is 4.06. The molecule has 1 heterocycles. The highest BCUT2D eigenvalue weighted by Gasteiger charge is 2.34. The first-order chi connectivity index (χ1) is 11.0. The summed E-state index contributed by atoms with van der Waals surface area (Å²) in [5.74, 6) is 0.483. The van der Waals surface area contributed by atoms with Crippen molar-refractivity contribution < 1.29 is 13.2 Å². The topological polar surface area (TPSA) is 48.7 Å². The first kappa shape index (κ1) is 18.1. The number of nitriles is 1. The Morgan fingerprint density at radius 1 is 1.39 bits per heavy atom. The summed E-state index contributed by atoms with van der Waals surface area (Å²) in [4.78, 5) is 3.73. The number of aromatic nitrogens is 1. The number of hydrogen-bond donors (Lipinski definition) is 1. The molecule has 0 aliphatic heterocycles. The van der Waals surface area contributed by atoms with Crippen LogP contribution in [-0.4, -0.2) is 23.8 Å². The van der Waals surface area contributed by atoms with Gasteiger partial charge in [0.05, 0.1) is 5.56 Å². The summed E-state index contributed by atoms with van der Waals surface area (Å²) in [5, 5.41) is 12.7. The molecule has 1 unspecified atom stereocenters. The highest BCUT2D eigenvalue weighted by Crippen LogP contribution is 2.40. The summed E-state index contributed by atoms with van der Waals surface area (Å²) < 4.78 is 38.6. The van der Waals surface area contributed by atoms with Crippen LogP contribution < -0.4 is 5.32 Å². The molecule has 2 rings (SSSR count). The minimum absolute atomic E-state index is 0.188. The van der Waals surface area contributed by atoms with Crippen LogP contribution in [0, 0.1) is 17.2 Å². The van der Waals surface area contributed by atoms with Crippen LogP contribution in [0.1, 0.15) is 43.4 Å². The van der Waals surface area contributed by atoms with E-state index in [-0.39, 0.29) is 15.8 Å². The van der Waals surface area contributed by atoms with E-state index in [0.29, 0.717) is 5.92 Å². The monoisotopic (exact) mass is 343 g/mol. The third kappa shape index (κ3) is 4.85. The maximum absolute atomic E-state index is 12.9. The molecule has 1 aromatic rings. The second kappa shape index (κ2) is 8.02. The largest absolute Gasteiger partial charge is 0.433 e. The summed E-state index contributed by atoms with van der Waals surface area (Å²) in [6.45, 7) is 0.801. The molecule has 1 atom stereocenters. The number of nitrogens with zero attached hydrogens (tertiary/aromatic N) is 2. The van der Waals surface area contributed by atoms with Gasteiger partial charge in [-0.1, -0.05) is 12.8 Å². The Morgan fingerprint density at radius 2 is 2.09 bits per heavy atom. The number of halogens is 3. The molecule has 7 heteroatoms. The second-order valence-electron chi connectivity index (χ2n) is 5.75. The van der Waals surface area contributed by atoms with E-state index in [1.54, 1.807) is 0 Å². The average molecular weight is 343 g/mol. The van der Waals surface area contributed by atoms with E-state index in [9.17, 15) is 13.2 Å². The van der Waals surface area contributed by atoms with Crippen LogP contribution in [0.2, 0.25) is 0 Å². The second-order valence-corrected chi connectivity index (χ2v) is 6.98. The van der Waals surface area contributed by atoms with Crippen molar-refractivity contribution in [2.24, 2.45) is 5.92 Å². The first-order valence-electron chi connectivity index (χ1n) is 7.75. The van der Waals surface area contributed by atoms with Crippen molar-refractivity contribution in [1.82, 2.24) is 10.3 Å². The van der Waals surface area contributed by atoms with Gasteiger partial charge in [-0.15, -0.1) is 11.8 Å². The smallest absolute Gasteiger partial charge is 0.320 e. The van der Waals surface area contributed by atoms with Crippen molar-refractivity contribution in [2.45, 2.75) is 48.6 Å². The third-order valence-electron chi connectivity index (χ3n) is 4.14. The van der Waals surface area contributed by atoms with Gasteiger partial charge in [0.2, 0.25) is 0 Å². The number of nitrogens with one attached hydrogen (secondary N) is 1. The molecule has 126 valence electrons. The average Bonchev–Trinajstić information content (AvgIpc) is 3.04. The lowest BCUT2D eigenvalue weighted by Gasteiger charge is -2.23. The lowest BCUT2D eigenvalue weighted by Crippen LogP contribution is -2.21. The van der Waals surface area contributed by atoms with Crippen LogP contribution >= 0.6 is 11.8 Å². The van der Waals surface area contributed by atoms with Gasteiger partial charge in [-0.3, -0.25) is 0 Å². The standard InChI is InChI=1S/C16H20F3N3S/c1-21-9-8-13(11-4-2-3-5-11)23-15-12(10-20)6-7-14(22-15)16(17,18)19/h6-7,11,13,21H,2-5,8-9H2,1H3.